The van der Waals surface area contributed by atoms with Crippen LogP contribution in [-0.2, 0) is 19.1 Å². The summed E-state index contributed by atoms with van der Waals surface area (Å²) in [4.78, 5) is 23.0. The number of carbonyl (C=O) groups is 2. The molecular formula is C12H18O4. The zero-order valence-corrected chi connectivity index (χ0v) is 10.2. The Morgan fingerprint density at radius 2 is 1.88 bits per heavy atom. The van der Waals surface area contributed by atoms with Gasteiger partial charge in [-0.1, -0.05) is 0 Å². The van der Waals surface area contributed by atoms with E-state index < -0.39 is 23.5 Å². The Hall–Kier alpha value is -1.50. The van der Waals surface area contributed by atoms with Crippen LogP contribution in [0.25, 0.3) is 0 Å². The molecule has 4 heteroatoms. The highest BCUT2D eigenvalue weighted by Gasteiger charge is 2.31. The summed E-state index contributed by atoms with van der Waals surface area (Å²) in [5.41, 5.74) is -0.625. The summed E-state index contributed by atoms with van der Waals surface area (Å²) in [5, 5.41) is 0. The third-order valence-electron chi connectivity index (χ3n) is 1.75. The SMILES string of the molecule is C#CCCC(C(=O)OC)C(=O)OC(C)(C)C. The third kappa shape index (κ3) is 5.40. The lowest BCUT2D eigenvalue weighted by Crippen LogP contribution is -2.33. The van der Waals surface area contributed by atoms with Crippen LogP contribution in [0, 0.1) is 18.3 Å². The minimum atomic E-state index is -0.930. The van der Waals surface area contributed by atoms with Crippen molar-refractivity contribution in [1.82, 2.24) is 0 Å². The summed E-state index contributed by atoms with van der Waals surface area (Å²) in [5.74, 6) is 0.254. The first-order valence-corrected chi connectivity index (χ1v) is 5.06. The van der Waals surface area contributed by atoms with Gasteiger partial charge in [0.25, 0.3) is 0 Å². The van der Waals surface area contributed by atoms with Crippen LogP contribution in [0.3, 0.4) is 0 Å². The molecular weight excluding hydrogens is 208 g/mol. The number of terminal acetylenes is 1. The molecule has 1 atom stereocenters. The van der Waals surface area contributed by atoms with Gasteiger partial charge in [-0.2, -0.15) is 0 Å². The summed E-state index contributed by atoms with van der Waals surface area (Å²) in [6.45, 7) is 5.21. The average molecular weight is 226 g/mol. The Morgan fingerprint density at radius 3 is 2.25 bits per heavy atom. The molecule has 0 aromatic rings. The minimum Gasteiger partial charge on any atom is -0.468 e. The van der Waals surface area contributed by atoms with Gasteiger partial charge in [-0.15, -0.1) is 12.3 Å². The van der Waals surface area contributed by atoms with Crippen molar-refractivity contribution < 1.29 is 19.1 Å². The molecule has 0 aliphatic carbocycles. The highest BCUT2D eigenvalue weighted by molar-refractivity contribution is 5.95. The highest BCUT2D eigenvalue weighted by Crippen LogP contribution is 2.16. The number of rotatable bonds is 4. The molecule has 0 aliphatic rings. The van der Waals surface area contributed by atoms with E-state index in [2.05, 4.69) is 10.7 Å². The van der Waals surface area contributed by atoms with Crippen LogP contribution in [0.15, 0.2) is 0 Å². The molecule has 0 rings (SSSR count). The number of hydrogen-bond donors (Lipinski definition) is 0. The molecule has 90 valence electrons. The van der Waals surface area contributed by atoms with Crippen LogP contribution < -0.4 is 0 Å². The van der Waals surface area contributed by atoms with E-state index in [4.69, 9.17) is 11.2 Å². The fourth-order valence-electron chi connectivity index (χ4n) is 1.07. The second-order valence-electron chi connectivity index (χ2n) is 4.35. The summed E-state index contributed by atoms with van der Waals surface area (Å²) >= 11 is 0. The van der Waals surface area contributed by atoms with Crippen LogP contribution in [0.4, 0.5) is 0 Å². The van der Waals surface area contributed by atoms with E-state index in [-0.39, 0.29) is 6.42 Å². The quantitative estimate of drug-likeness (QED) is 0.414. The number of ether oxygens (including phenoxy) is 2. The Balaban J connectivity index is 4.58. The molecule has 0 aliphatic heterocycles. The molecule has 0 bridgehead atoms. The third-order valence-corrected chi connectivity index (χ3v) is 1.75. The zero-order valence-electron chi connectivity index (χ0n) is 10.2. The molecule has 0 radical (unpaired) electrons. The fraction of sp³-hybridized carbons (Fsp3) is 0.667. The van der Waals surface area contributed by atoms with Crippen LogP contribution in [-0.4, -0.2) is 24.6 Å². The van der Waals surface area contributed by atoms with Crippen molar-refractivity contribution in [3.05, 3.63) is 0 Å². The van der Waals surface area contributed by atoms with Crippen LogP contribution in [0.5, 0.6) is 0 Å². The van der Waals surface area contributed by atoms with E-state index in [0.29, 0.717) is 6.42 Å². The molecule has 0 fully saturated rings. The average Bonchev–Trinajstić information content (AvgIpc) is 2.15. The van der Waals surface area contributed by atoms with Gasteiger partial charge >= 0.3 is 11.9 Å². The molecule has 0 heterocycles. The maximum absolute atomic E-state index is 11.7. The number of esters is 2. The Bertz CT molecular complexity index is 293. The van der Waals surface area contributed by atoms with Gasteiger partial charge in [-0.25, -0.2) is 0 Å². The number of methoxy groups -OCH3 is 1. The molecule has 4 nitrogen and oxygen atoms in total. The predicted molar refractivity (Wildman–Crippen MR) is 59.4 cm³/mol. The molecule has 0 spiro atoms. The lowest BCUT2D eigenvalue weighted by molar-refractivity contribution is -0.168. The van der Waals surface area contributed by atoms with E-state index >= 15 is 0 Å². The second kappa shape index (κ2) is 6.16. The zero-order chi connectivity index (χ0) is 12.8. The molecule has 16 heavy (non-hydrogen) atoms. The summed E-state index contributed by atoms with van der Waals surface area (Å²) in [6, 6.07) is 0. The minimum absolute atomic E-state index is 0.248. The molecule has 0 aromatic carbocycles. The van der Waals surface area contributed by atoms with E-state index in [1.54, 1.807) is 20.8 Å². The van der Waals surface area contributed by atoms with Gasteiger partial charge in [0.2, 0.25) is 0 Å². The van der Waals surface area contributed by atoms with Crippen molar-refractivity contribution in [3.63, 3.8) is 0 Å². The van der Waals surface area contributed by atoms with Crippen LogP contribution in [0.1, 0.15) is 33.6 Å². The van der Waals surface area contributed by atoms with E-state index in [1.165, 1.54) is 7.11 Å². The van der Waals surface area contributed by atoms with Gasteiger partial charge in [0, 0.05) is 6.42 Å². The Kier molecular flexibility index (Phi) is 5.59. The van der Waals surface area contributed by atoms with E-state index in [1.807, 2.05) is 0 Å². The Labute approximate surface area is 96.3 Å². The standard InChI is InChI=1S/C12H18O4/c1-6-7-8-9(10(13)15-5)11(14)16-12(2,3)4/h1,9H,7-8H2,2-5H3. The molecule has 0 aromatic heterocycles. The smallest absolute Gasteiger partial charge is 0.320 e. The lowest BCUT2D eigenvalue weighted by atomic mass is 10.0. The highest BCUT2D eigenvalue weighted by atomic mass is 16.6. The monoisotopic (exact) mass is 226 g/mol. The van der Waals surface area contributed by atoms with Gasteiger partial charge < -0.3 is 9.47 Å². The van der Waals surface area contributed by atoms with E-state index in [0.717, 1.165) is 0 Å². The first-order chi connectivity index (χ1) is 7.31. The molecule has 0 saturated heterocycles. The first kappa shape index (κ1) is 14.5. The van der Waals surface area contributed by atoms with Gasteiger partial charge in [-0.3, -0.25) is 9.59 Å². The number of hydrogen-bond acceptors (Lipinski definition) is 4. The normalized spacial score (nSPS) is 12.4. The van der Waals surface area contributed by atoms with Gasteiger partial charge in [-0.05, 0) is 27.2 Å². The largest absolute Gasteiger partial charge is 0.468 e. The molecule has 0 saturated carbocycles. The predicted octanol–water partition coefficient (Wildman–Crippen LogP) is 1.53. The molecule has 0 amide bonds. The summed E-state index contributed by atoms with van der Waals surface area (Å²) in [6.07, 6.45) is 5.67. The maximum atomic E-state index is 11.7. The van der Waals surface area contributed by atoms with Crippen molar-refractivity contribution in [1.29, 1.82) is 0 Å². The topological polar surface area (TPSA) is 52.6 Å². The van der Waals surface area contributed by atoms with Crippen molar-refractivity contribution in [2.45, 2.75) is 39.2 Å². The maximum Gasteiger partial charge on any atom is 0.320 e. The van der Waals surface area contributed by atoms with Gasteiger partial charge in [0.1, 0.15) is 5.60 Å². The molecule has 0 N–H and O–H groups in total. The van der Waals surface area contributed by atoms with Crippen molar-refractivity contribution >= 4 is 11.9 Å². The fourth-order valence-corrected chi connectivity index (χ4v) is 1.07. The van der Waals surface area contributed by atoms with Gasteiger partial charge in [0.15, 0.2) is 5.92 Å². The van der Waals surface area contributed by atoms with Crippen molar-refractivity contribution in [3.8, 4) is 12.3 Å². The molecule has 1 unspecified atom stereocenters. The Morgan fingerprint density at radius 1 is 1.31 bits per heavy atom. The summed E-state index contributed by atoms with van der Waals surface area (Å²) < 4.78 is 9.65. The van der Waals surface area contributed by atoms with Crippen LogP contribution >= 0.6 is 0 Å². The van der Waals surface area contributed by atoms with Crippen molar-refractivity contribution in [2.24, 2.45) is 5.92 Å². The van der Waals surface area contributed by atoms with Crippen LogP contribution in [0.2, 0.25) is 0 Å². The number of carbonyl (C=O) groups excluding carboxylic acids is 2. The lowest BCUT2D eigenvalue weighted by Gasteiger charge is -2.22. The van der Waals surface area contributed by atoms with Crippen molar-refractivity contribution in [2.75, 3.05) is 7.11 Å². The van der Waals surface area contributed by atoms with Gasteiger partial charge in [0.05, 0.1) is 7.11 Å². The second-order valence-corrected chi connectivity index (χ2v) is 4.35. The van der Waals surface area contributed by atoms with E-state index in [9.17, 15) is 9.59 Å². The first-order valence-electron chi connectivity index (χ1n) is 5.06. The summed E-state index contributed by atoms with van der Waals surface area (Å²) in [7, 11) is 1.23.